The van der Waals surface area contributed by atoms with Crippen LogP contribution in [0.4, 0.5) is 5.82 Å². The molecule has 0 aromatic carbocycles. The van der Waals surface area contributed by atoms with Gasteiger partial charge in [-0.05, 0) is 27.9 Å². The molecule has 1 unspecified atom stereocenters. The van der Waals surface area contributed by atoms with Gasteiger partial charge in [0.15, 0.2) is 0 Å². The van der Waals surface area contributed by atoms with Gasteiger partial charge in [-0.25, -0.2) is 4.98 Å². The lowest BCUT2D eigenvalue weighted by Crippen LogP contribution is -2.27. The van der Waals surface area contributed by atoms with Crippen LogP contribution in [0.2, 0.25) is 5.02 Å². The van der Waals surface area contributed by atoms with Crippen LogP contribution in [-0.2, 0) is 0 Å². The highest BCUT2D eigenvalue weighted by molar-refractivity contribution is 9.10. The SMILES string of the molecule is CC(C)C(CCl)Nc1ncc(Cl)cc1Br. The van der Waals surface area contributed by atoms with Crippen molar-refractivity contribution in [2.24, 2.45) is 5.92 Å². The zero-order chi connectivity index (χ0) is 11.4. The minimum atomic E-state index is 0.205. The summed E-state index contributed by atoms with van der Waals surface area (Å²) in [6, 6.07) is 2.01. The Hall–Kier alpha value is 0.01000. The first kappa shape index (κ1) is 13.1. The lowest BCUT2D eigenvalue weighted by molar-refractivity contribution is 0.562. The van der Waals surface area contributed by atoms with Gasteiger partial charge in [-0.1, -0.05) is 25.4 Å². The summed E-state index contributed by atoms with van der Waals surface area (Å²) in [6.45, 7) is 4.23. The summed E-state index contributed by atoms with van der Waals surface area (Å²) in [6.07, 6.45) is 1.61. The van der Waals surface area contributed by atoms with Crippen molar-refractivity contribution in [3.8, 4) is 0 Å². The van der Waals surface area contributed by atoms with Crippen LogP contribution < -0.4 is 5.32 Å². The molecule has 0 radical (unpaired) electrons. The minimum absolute atomic E-state index is 0.205. The largest absolute Gasteiger partial charge is 0.365 e. The Kier molecular flexibility index (Phi) is 5.16. The van der Waals surface area contributed by atoms with Crippen LogP contribution in [0.5, 0.6) is 0 Å². The molecule has 1 aromatic rings. The number of halogens is 3. The molecule has 0 aliphatic rings. The molecule has 0 aliphatic carbocycles. The number of aromatic nitrogens is 1. The summed E-state index contributed by atoms with van der Waals surface area (Å²) >= 11 is 15.1. The highest BCUT2D eigenvalue weighted by Gasteiger charge is 2.13. The van der Waals surface area contributed by atoms with Gasteiger partial charge in [-0.3, -0.25) is 0 Å². The normalized spacial score (nSPS) is 12.9. The third-order valence-electron chi connectivity index (χ3n) is 2.10. The molecular weight excluding hydrogens is 299 g/mol. The molecule has 0 bridgehead atoms. The fraction of sp³-hybridized carbons (Fsp3) is 0.500. The Morgan fingerprint density at radius 2 is 2.20 bits per heavy atom. The molecule has 2 nitrogen and oxygen atoms in total. The van der Waals surface area contributed by atoms with Gasteiger partial charge in [-0.2, -0.15) is 0 Å². The van der Waals surface area contributed by atoms with Gasteiger partial charge in [0.05, 0.1) is 9.50 Å². The van der Waals surface area contributed by atoms with Crippen molar-refractivity contribution in [1.29, 1.82) is 0 Å². The maximum Gasteiger partial charge on any atom is 0.140 e. The monoisotopic (exact) mass is 310 g/mol. The Morgan fingerprint density at radius 1 is 1.53 bits per heavy atom. The quantitative estimate of drug-likeness (QED) is 0.844. The van der Waals surface area contributed by atoms with Crippen molar-refractivity contribution in [2.75, 3.05) is 11.2 Å². The average Bonchev–Trinajstić information content (AvgIpc) is 2.16. The maximum atomic E-state index is 5.86. The summed E-state index contributed by atoms with van der Waals surface area (Å²) in [5.41, 5.74) is 0. The Morgan fingerprint density at radius 3 is 2.67 bits per heavy atom. The molecule has 0 fully saturated rings. The van der Waals surface area contributed by atoms with E-state index in [0.717, 1.165) is 10.3 Å². The van der Waals surface area contributed by atoms with E-state index >= 15 is 0 Å². The third kappa shape index (κ3) is 3.82. The molecule has 0 amide bonds. The molecular formula is C10H13BrCl2N2. The second kappa shape index (κ2) is 5.92. The summed E-state index contributed by atoms with van der Waals surface area (Å²) in [4.78, 5) is 4.20. The molecule has 0 spiro atoms. The fourth-order valence-electron chi connectivity index (χ4n) is 1.08. The van der Waals surface area contributed by atoms with E-state index in [9.17, 15) is 0 Å². The van der Waals surface area contributed by atoms with E-state index in [0.29, 0.717) is 16.8 Å². The molecule has 0 saturated carbocycles. The van der Waals surface area contributed by atoms with Crippen LogP contribution in [0.25, 0.3) is 0 Å². The Bertz CT molecular complexity index is 331. The van der Waals surface area contributed by atoms with E-state index < -0.39 is 0 Å². The van der Waals surface area contributed by atoms with Crippen LogP contribution in [-0.4, -0.2) is 16.9 Å². The van der Waals surface area contributed by atoms with Crippen LogP contribution in [0, 0.1) is 5.92 Å². The highest BCUT2D eigenvalue weighted by Crippen LogP contribution is 2.24. The van der Waals surface area contributed by atoms with E-state index in [1.54, 1.807) is 6.20 Å². The fourth-order valence-corrected chi connectivity index (χ4v) is 2.27. The summed E-state index contributed by atoms with van der Waals surface area (Å²) in [5, 5.41) is 3.89. The number of pyridine rings is 1. The second-order valence-electron chi connectivity index (χ2n) is 3.63. The van der Waals surface area contributed by atoms with Crippen LogP contribution in [0.3, 0.4) is 0 Å². The first-order valence-electron chi connectivity index (χ1n) is 4.68. The summed E-state index contributed by atoms with van der Waals surface area (Å²) < 4.78 is 0.853. The van der Waals surface area contributed by atoms with Gasteiger partial charge in [0.2, 0.25) is 0 Å². The van der Waals surface area contributed by atoms with E-state index in [2.05, 4.69) is 40.1 Å². The maximum absolute atomic E-state index is 5.86. The molecule has 0 saturated heterocycles. The second-order valence-corrected chi connectivity index (χ2v) is 5.23. The predicted molar refractivity (Wildman–Crippen MR) is 69.9 cm³/mol. The number of nitrogens with zero attached hydrogens (tertiary/aromatic N) is 1. The molecule has 15 heavy (non-hydrogen) atoms. The van der Waals surface area contributed by atoms with Crippen molar-refractivity contribution in [1.82, 2.24) is 4.98 Å². The number of anilines is 1. The lowest BCUT2D eigenvalue weighted by Gasteiger charge is -2.20. The third-order valence-corrected chi connectivity index (χ3v) is 3.24. The van der Waals surface area contributed by atoms with Gasteiger partial charge in [0.1, 0.15) is 5.82 Å². The Balaban J connectivity index is 2.79. The molecule has 1 aromatic heterocycles. The average molecular weight is 312 g/mol. The summed E-state index contributed by atoms with van der Waals surface area (Å²) in [5.74, 6) is 1.78. The number of rotatable bonds is 4. The highest BCUT2D eigenvalue weighted by atomic mass is 79.9. The van der Waals surface area contributed by atoms with Crippen LogP contribution in [0.15, 0.2) is 16.7 Å². The van der Waals surface area contributed by atoms with E-state index in [-0.39, 0.29) is 6.04 Å². The lowest BCUT2D eigenvalue weighted by atomic mass is 10.1. The van der Waals surface area contributed by atoms with Crippen molar-refractivity contribution in [3.63, 3.8) is 0 Å². The first-order chi connectivity index (χ1) is 7.04. The molecule has 1 heterocycles. The van der Waals surface area contributed by atoms with E-state index in [4.69, 9.17) is 23.2 Å². The molecule has 0 aliphatic heterocycles. The molecule has 84 valence electrons. The number of hydrogen-bond acceptors (Lipinski definition) is 2. The zero-order valence-electron chi connectivity index (χ0n) is 8.60. The van der Waals surface area contributed by atoms with Crippen molar-refractivity contribution in [3.05, 3.63) is 21.8 Å². The van der Waals surface area contributed by atoms with Crippen LogP contribution in [0.1, 0.15) is 13.8 Å². The van der Waals surface area contributed by atoms with Gasteiger partial charge < -0.3 is 5.32 Å². The van der Waals surface area contributed by atoms with Gasteiger partial charge >= 0.3 is 0 Å². The van der Waals surface area contributed by atoms with E-state index in [1.165, 1.54) is 0 Å². The number of hydrogen-bond donors (Lipinski definition) is 1. The summed E-state index contributed by atoms with van der Waals surface area (Å²) in [7, 11) is 0. The Labute approximate surface area is 108 Å². The van der Waals surface area contributed by atoms with Gasteiger partial charge in [0, 0.05) is 18.1 Å². The molecule has 1 rings (SSSR count). The minimum Gasteiger partial charge on any atom is -0.365 e. The molecule has 5 heteroatoms. The van der Waals surface area contributed by atoms with Crippen molar-refractivity contribution >= 4 is 44.9 Å². The van der Waals surface area contributed by atoms with Crippen molar-refractivity contribution in [2.45, 2.75) is 19.9 Å². The van der Waals surface area contributed by atoms with Crippen LogP contribution >= 0.6 is 39.1 Å². The molecule has 1 N–H and O–H groups in total. The van der Waals surface area contributed by atoms with Gasteiger partial charge in [-0.15, -0.1) is 11.6 Å². The van der Waals surface area contributed by atoms with Gasteiger partial charge in [0.25, 0.3) is 0 Å². The van der Waals surface area contributed by atoms with E-state index in [1.807, 2.05) is 6.07 Å². The molecule has 1 atom stereocenters. The topological polar surface area (TPSA) is 24.9 Å². The number of alkyl halides is 1. The smallest absolute Gasteiger partial charge is 0.140 e. The zero-order valence-corrected chi connectivity index (χ0v) is 11.7. The number of nitrogens with one attached hydrogen (secondary N) is 1. The standard InChI is InChI=1S/C10H13BrCl2N2/c1-6(2)9(4-12)15-10-8(11)3-7(13)5-14-10/h3,5-6,9H,4H2,1-2H3,(H,14,15). The van der Waals surface area contributed by atoms with Crippen molar-refractivity contribution < 1.29 is 0 Å². The predicted octanol–water partition coefficient (Wildman–Crippen LogP) is 4.17. The first-order valence-corrected chi connectivity index (χ1v) is 6.38.